The summed E-state index contributed by atoms with van der Waals surface area (Å²) >= 11 is 1.46. The predicted octanol–water partition coefficient (Wildman–Crippen LogP) is 4.35. The summed E-state index contributed by atoms with van der Waals surface area (Å²) in [4.78, 5) is 16.5. The number of ether oxygens (including phenoxy) is 1. The van der Waals surface area contributed by atoms with Gasteiger partial charge in [0.2, 0.25) is 0 Å². The quantitative estimate of drug-likeness (QED) is 0.680. The Balaban J connectivity index is 1.64. The van der Waals surface area contributed by atoms with E-state index in [1.165, 1.54) is 16.9 Å². The first kappa shape index (κ1) is 16.2. The lowest BCUT2D eigenvalue weighted by Gasteiger charge is -2.09. The number of thiazole rings is 1. The number of benzene rings is 2. The number of carbonyl (C=O) groups excluding carboxylic acids is 1. The molecule has 0 unspecified atom stereocenters. The number of para-hydroxylation sites is 1. The molecule has 0 bridgehead atoms. The molecule has 0 spiro atoms. The molecular formula is C19H18N2O2S. The van der Waals surface area contributed by atoms with Crippen molar-refractivity contribution in [3.63, 3.8) is 0 Å². The Morgan fingerprint density at radius 1 is 1.33 bits per heavy atom. The van der Waals surface area contributed by atoms with Gasteiger partial charge in [0.25, 0.3) is 5.91 Å². The van der Waals surface area contributed by atoms with Crippen molar-refractivity contribution in [2.24, 2.45) is 0 Å². The van der Waals surface area contributed by atoms with Gasteiger partial charge in [-0.15, -0.1) is 6.58 Å². The van der Waals surface area contributed by atoms with Gasteiger partial charge >= 0.3 is 0 Å². The van der Waals surface area contributed by atoms with Gasteiger partial charge in [-0.3, -0.25) is 10.1 Å². The highest BCUT2D eigenvalue weighted by Crippen LogP contribution is 2.26. The van der Waals surface area contributed by atoms with E-state index in [0.717, 1.165) is 15.8 Å². The van der Waals surface area contributed by atoms with Crippen molar-refractivity contribution in [2.75, 3.05) is 11.9 Å². The van der Waals surface area contributed by atoms with E-state index in [4.69, 9.17) is 4.74 Å². The van der Waals surface area contributed by atoms with Crippen LogP contribution in [0, 0.1) is 6.92 Å². The molecule has 0 aliphatic rings. The van der Waals surface area contributed by atoms with Crippen LogP contribution in [-0.2, 0) is 11.2 Å². The fourth-order valence-corrected chi connectivity index (χ4v) is 3.33. The summed E-state index contributed by atoms with van der Waals surface area (Å²) in [6.07, 6.45) is 2.51. The topological polar surface area (TPSA) is 51.2 Å². The summed E-state index contributed by atoms with van der Waals surface area (Å²) < 4.78 is 6.69. The normalized spacial score (nSPS) is 10.5. The van der Waals surface area contributed by atoms with E-state index in [-0.39, 0.29) is 12.5 Å². The highest BCUT2D eigenvalue weighted by molar-refractivity contribution is 7.22. The van der Waals surface area contributed by atoms with Crippen molar-refractivity contribution < 1.29 is 9.53 Å². The molecule has 5 heteroatoms. The molecule has 1 heterocycles. The van der Waals surface area contributed by atoms with Gasteiger partial charge in [0, 0.05) is 0 Å². The SMILES string of the molecule is C=CCc1ccccc1OCC(=O)Nc1nc2ccc(C)cc2s1. The summed E-state index contributed by atoms with van der Waals surface area (Å²) in [5.74, 6) is 0.478. The Hall–Kier alpha value is -2.66. The highest BCUT2D eigenvalue weighted by Gasteiger charge is 2.10. The van der Waals surface area contributed by atoms with Gasteiger partial charge < -0.3 is 4.74 Å². The maximum absolute atomic E-state index is 12.1. The summed E-state index contributed by atoms with van der Waals surface area (Å²) in [6.45, 7) is 5.71. The van der Waals surface area contributed by atoms with Crippen molar-refractivity contribution in [3.05, 3.63) is 66.2 Å². The molecule has 0 aliphatic carbocycles. The zero-order valence-corrected chi connectivity index (χ0v) is 14.2. The van der Waals surface area contributed by atoms with Crippen LogP contribution < -0.4 is 10.1 Å². The predicted molar refractivity (Wildman–Crippen MR) is 98.8 cm³/mol. The van der Waals surface area contributed by atoms with E-state index in [0.29, 0.717) is 17.3 Å². The number of allylic oxidation sites excluding steroid dienone is 1. The van der Waals surface area contributed by atoms with Crippen molar-refractivity contribution >= 4 is 32.6 Å². The minimum atomic E-state index is -0.223. The van der Waals surface area contributed by atoms with E-state index in [9.17, 15) is 4.79 Å². The van der Waals surface area contributed by atoms with E-state index in [2.05, 4.69) is 22.9 Å². The minimum Gasteiger partial charge on any atom is -0.483 e. The van der Waals surface area contributed by atoms with Crippen LogP contribution in [0.4, 0.5) is 5.13 Å². The average Bonchev–Trinajstić information content (AvgIpc) is 2.95. The number of anilines is 1. The van der Waals surface area contributed by atoms with Crippen LogP contribution in [0.3, 0.4) is 0 Å². The molecule has 2 aromatic carbocycles. The van der Waals surface area contributed by atoms with Crippen LogP contribution >= 0.6 is 11.3 Å². The third-order valence-corrected chi connectivity index (χ3v) is 4.42. The van der Waals surface area contributed by atoms with Gasteiger partial charge in [0.1, 0.15) is 5.75 Å². The summed E-state index contributed by atoms with van der Waals surface area (Å²) in [5.41, 5.74) is 3.07. The van der Waals surface area contributed by atoms with Gasteiger partial charge in [-0.1, -0.05) is 41.7 Å². The number of aryl methyl sites for hydroxylation is 1. The molecule has 122 valence electrons. The third-order valence-electron chi connectivity index (χ3n) is 3.49. The standard InChI is InChI=1S/C19H18N2O2S/c1-3-6-14-7-4-5-8-16(14)23-12-18(22)21-19-20-15-10-9-13(2)11-17(15)24-19/h3-5,7-11H,1,6,12H2,2H3,(H,20,21,22). The van der Waals surface area contributed by atoms with Crippen molar-refractivity contribution in [2.45, 2.75) is 13.3 Å². The van der Waals surface area contributed by atoms with E-state index >= 15 is 0 Å². The molecule has 4 nitrogen and oxygen atoms in total. The van der Waals surface area contributed by atoms with Crippen LogP contribution in [0.25, 0.3) is 10.2 Å². The number of rotatable bonds is 6. The number of hydrogen-bond donors (Lipinski definition) is 1. The highest BCUT2D eigenvalue weighted by atomic mass is 32.1. The largest absolute Gasteiger partial charge is 0.483 e. The minimum absolute atomic E-state index is 0.0525. The Bertz CT molecular complexity index is 886. The van der Waals surface area contributed by atoms with E-state index < -0.39 is 0 Å². The molecule has 0 atom stereocenters. The number of nitrogens with zero attached hydrogens (tertiary/aromatic N) is 1. The number of fused-ring (bicyclic) bond motifs is 1. The average molecular weight is 338 g/mol. The van der Waals surface area contributed by atoms with E-state index in [1.54, 1.807) is 0 Å². The van der Waals surface area contributed by atoms with Gasteiger partial charge in [-0.05, 0) is 42.7 Å². The lowest BCUT2D eigenvalue weighted by Crippen LogP contribution is -2.20. The molecule has 1 N–H and O–H groups in total. The number of carbonyl (C=O) groups is 1. The van der Waals surface area contributed by atoms with Crippen LogP contribution in [0.1, 0.15) is 11.1 Å². The van der Waals surface area contributed by atoms with Crippen molar-refractivity contribution in [1.29, 1.82) is 0 Å². The first-order valence-electron chi connectivity index (χ1n) is 7.64. The van der Waals surface area contributed by atoms with Gasteiger partial charge in [-0.2, -0.15) is 0 Å². The molecule has 0 fully saturated rings. The third kappa shape index (κ3) is 3.81. The zero-order valence-electron chi connectivity index (χ0n) is 13.4. The summed E-state index contributed by atoms with van der Waals surface area (Å²) in [7, 11) is 0. The fourth-order valence-electron chi connectivity index (χ4n) is 2.35. The van der Waals surface area contributed by atoms with Crippen molar-refractivity contribution in [1.82, 2.24) is 4.98 Å². The van der Waals surface area contributed by atoms with Crippen LogP contribution in [-0.4, -0.2) is 17.5 Å². The molecule has 24 heavy (non-hydrogen) atoms. The molecule has 3 aromatic rings. The smallest absolute Gasteiger partial charge is 0.264 e. The zero-order chi connectivity index (χ0) is 16.9. The second-order valence-electron chi connectivity index (χ2n) is 5.43. The molecule has 0 saturated heterocycles. The maximum Gasteiger partial charge on any atom is 0.264 e. The van der Waals surface area contributed by atoms with Crippen molar-refractivity contribution in [3.8, 4) is 5.75 Å². The van der Waals surface area contributed by atoms with Gasteiger partial charge in [0.05, 0.1) is 10.2 Å². The summed E-state index contributed by atoms with van der Waals surface area (Å²) in [6, 6.07) is 13.7. The number of amides is 1. The Labute approximate surface area is 144 Å². The van der Waals surface area contributed by atoms with Gasteiger partial charge in [0.15, 0.2) is 11.7 Å². The fraction of sp³-hybridized carbons (Fsp3) is 0.158. The van der Waals surface area contributed by atoms with Crippen LogP contribution in [0.2, 0.25) is 0 Å². The van der Waals surface area contributed by atoms with Gasteiger partial charge in [-0.25, -0.2) is 4.98 Å². The molecule has 0 saturated carbocycles. The lowest BCUT2D eigenvalue weighted by atomic mass is 10.1. The van der Waals surface area contributed by atoms with Crippen LogP contribution in [0.5, 0.6) is 5.75 Å². The Morgan fingerprint density at radius 3 is 3.00 bits per heavy atom. The Morgan fingerprint density at radius 2 is 2.17 bits per heavy atom. The first-order chi connectivity index (χ1) is 11.7. The number of hydrogen-bond acceptors (Lipinski definition) is 4. The summed E-state index contributed by atoms with van der Waals surface area (Å²) in [5, 5.41) is 3.38. The monoisotopic (exact) mass is 338 g/mol. The molecule has 0 radical (unpaired) electrons. The first-order valence-corrected chi connectivity index (χ1v) is 8.46. The van der Waals surface area contributed by atoms with Crippen LogP contribution in [0.15, 0.2) is 55.1 Å². The molecular weight excluding hydrogens is 320 g/mol. The second kappa shape index (κ2) is 7.27. The maximum atomic E-state index is 12.1. The Kier molecular flexibility index (Phi) is 4.91. The molecule has 1 amide bonds. The number of aromatic nitrogens is 1. The molecule has 0 aliphatic heterocycles. The van der Waals surface area contributed by atoms with E-state index in [1.807, 2.05) is 49.4 Å². The molecule has 1 aromatic heterocycles. The second-order valence-corrected chi connectivity index (χ2v) is 6.46. The lowest BCUT2D eigenvalue weighted by molar-refractivity contribution is -0.118. The number of nitrogens with one attached hydrogen (secondary N) is 1. The molecule has 3 rings (SSSR count).